The van der Waals surface area contributed by atoms with E-state index in [-0.39, 0.29) is 36.8 Å². The van der Waals surface area contributed by atoms with Crippen LogP contribution in [0.25, 0.3) is 0 Å². The molecular formula is C12H18BrCl2N3O. The van der Waals surface area contributed by atoms with E-state index in [0.717, 1.165) is 30.3 Å². The Morgan fingerprint density at radius 2 is 2.16 bits per heavy atom. The summed E-state index contributed by atoms with van der Waals surface area (Å²) < 4.78 is 0.824. The molecule has 1 aromatic heterocycles. The second kappa shape index (κ2) is 8.74. The van der Waals surface area contributed by atoms with Crippen LogP contribution in [-0.2, 0) is 0 Å². The fraction of sp³-hybridized carbons (Fsp3) is 0.500. The Kier molecular flexibility index (Phi) is 8.57. The first kappa shape index (κ1) is 18.6. The maximum Gasteiger partial charge on any atom is 0.255 e. The van der Waals surface area contributed by atoms with Gasteiger partial charge in [-0.05, 0) is 41.3 Å². The first-order valence-corrected chi connectivity index (χ1v) is 6.63. The number of carbonyl (C=O) groups is 1. The van der Waals surface area contributed by atoms with Crippen LogP contribution in [0, 0.1) is 0 Å². The van der Waals surface area contributed by atoms with E-state index in [0.29, 0.717) is 12.1 Å². The summed E-state index contributed by atoms with van der Waals surface area (Å²) in [5.74, 6) is 0.0361. The van der Waals surface area contributed by atoms with Crippen molar-refractivity contribution in [2.45, 2.75) is 25.3 Å². The Hall–Kier alpha value is -0.360. The third-order valence-electron chi connectivity index (χ3n) is 3.11. The first-order valence-electron chi connectivity index (χ1n) is 5.84. The number of aromatic nitrogens is 1. The number of likely N-dealkylation sites (tertiary alicyclic amines) is 1. The van der Waals surface area contributed by atoms with Crippen LogP contribution in [0.1, 0.15) is 29.6 Å². The monoisotopic (exact) mass is 369 g/mol. The molecule has 0 bridgehead atoms. The lowest BCUT2D eigenvalue weighted by Crippen LogP contribution is -2.47. The molecule has 0 saturated carbocycles. The van der Waals surface area contributed by atoms with Crippen molar-refractivity contribution in [3.8, 4) is 0 Å². The summed E-state index contributed by atoms with van der Waals surface area (Å²) in [4.78, 5) is 18.2. The number of rotatable bonds is 2. The van der Waals surface area contributed by atoms with Crippen molar-refractivity contribution >= 4 is 46.7 Å². The Balaban J connectivity index is 0.00000162. The molecule has 108 valence electrons. The van der Waals surface area contributed by atoms with Gasteiger partial charge in [-0.2, -0.15) is 0 Å². The molecule has 0 aromatic carbocycles. The maximum atomic E-state index is 12.3. The van der Waals surface area contributed by atoms with Gasteiger partial charge in [-0.1, -0.05) is 0 Å². The third kappa shape index (κ3) is 4.60. The van der Waals surface area contributed by atoms with E-state index in [1.807, 2.05) is 4.90 Å². The van der Waals surface area contributed by atoms with E-state index in [9.17, 15) is 4.79 Å². The van der Waals surface area contributed by atoms with Gasteiger partial charge in [0, 0.05) is 36.0 Å². The molecule has 7 heteroatoms. The molecule has 1 fully saturated rings. The number of amides is 1. The van der Waals surface area contributed by atoms with Crippen LogP contribution in [0.5, 0.6) is 0 Å². The zero-order valence-corrected chi connectivity index (χ0v) is 13.6. The molecule has 2 rings (SSSR count). The molecule has 1 saturated heterocycles. The Bertz CT molecular complexity index is 420. The topological polar surface area (TPSA) is 59.2 Å². The quantitative estimate of drug-likeness (QED) is 0.870. The summed E-state index contributed by atoms with van der Waals surface area (Å²) >= 11 is 3.33. The number of pyridine rings is 1. The number of halogens is 3. The normalized spacial score (nSPS) is 18.2. The molecular weight excluding hydrogens is 353 g/mol. The highest BCUT2D eigenvalue weighted by molar-refractivity contribution is 9.10. The molecule has 19 heavy (non-hydrogen) atoms. The van der Waals surface area contributed by atoms with Crippen LogP contribution in [0.2, 0.25) is 0 Å². The van der Waals surface area contributed by atoms with Crippen molar-refractivity contribution in [3.05, 3.63) is 28.5 Å². The van der Waals surface area contributed by atoms with Gasteiger partial charge < -0.3 is 10.6 Å². The molecule has 2 heterocycles. The van der Waals surface area contributed by atoms with E-state index >= 15 is 0 Å². The van der Waals surface area contributed by atoms with Gasteiger partial charge in [0.15, 0.2) is 0 Å². The van der Waals surface area contributed by atoms with Crippen molar-refractivity contribution in [1.82, 2.24) is 9.88 Å². The van der Waals surface area contributed by atoms with Crippen molar-refractivity contribution in [2.24, 2.45) is 5.73 Å². The average Bonchev–Trinajstić information content (AvgIpc) is 2.38. The molecule has 1 atom stereocenters. The Morgan fingerprint density at radius 3 is 2.79 bits per heavy atom. The molecule has 2 N–H and O–H groups in total. The summed E-state index contributed by atoms with van der Waals surface area (Å²) in [5, 5.41) is 0. The molecule has 4 nitrogen and oxygen atoms in total. The molecule has 1 aliphatic heterocycles. The van der Waals surface area contributed by atoms with Crippen molar-refractivity contribution in [2.75, 3.05) is 13.1 Å². The Morgan fingerprint density at radius 1 is 1.42 bits per heavy atom. The maximum absolute atomic E-state index is 12.3. The smallest absolute Gasteiger partial charge is 0.255 e. The second-order valence-corrected chi connectivity index (χ2v) is 5.19. The molecule has 0 spiro atoms. The fourth-order valence-electron chi connectivity index (χ4n) is 2.21. The number of nitrogens with zero attached hydrogens (tertiary/aromatic N) is 2. The fourth-order valence-corrected chi connectivity index (χ4v) is 2.57. The molecule has 1 aromatic rings. The minimum absolute atomic E-state index is 0. The highest BCUT2D eigenvalue weighted by Gasteiger charge is 2.26. The minimum Gasteiger partial charge on any atom is -0.334 e. The van der Waals surface area contributed by atoms with E-state index in [4.69, 9.17) is 5.73 Å². The Labute approximate surface area is 134 Å². The minimum atomic E-state index is 0. The van der Waals surface area contributed by atoms with Gasteiger partial charge in [-0.15, -0.1) is 24.8 Å². The summed E-state index contributed by atoms with van der Waals surface area (Å²) in [5.41, 5.74) is 6.35. The van der Waals surface area contributed by atoms with Gasteiger partial charge in [0.25, 0.3) is 5.91 Å². The number of carbonyl (C=O) groups excluding carboxylic acids is 1. The summed E-state index contributed by atoms with van der Waals surface area (Å²) in [6.45, 7) is 1.33. The zero-order chi connectivity index (χ0) is 12.3. The average molecular weight is 371 g/mol. The summed E-state index contributed by atoms with van der Waals surface area (Å²) in [6, 6.07) is 1.98. The number of piperidine rings is 1. The molecule has 0 radical (unpaired) electrons. The van der Waals surface area contributed by atoms with Gasteiger partial charge in [-0.25, -0.2) is 0 Å². The van der Waals surface area contributed by atoms with Gasteiger partial charge in [-0.3, -0.25) is 9.78 Å². The number of nitrogens with two attached hydrogens (primary N) is 1. The lowest BCUT2D eigenvalue weighted by Gasteiger charge is -2.35. The van der Waals surface area contributed by atoms with Crippen LogP contribution in [0.4, 0.5) is 0 Å². The van der Waals surface area contributed by atoms with Crippen LogP contribution in [-0.4, -0.2) is 34.9 Å². The largest absolute Gasteiger partial charge is 0.334 e. The predicted octanol–water partition coefficient (Wildman–Crippen LogP) is 2.64. The van der Waals surface area contributed by atoms with Crippen molar-refractivity contribution in [1.29, 1.82) is 0 Å². The summed E-state index contributed by atoms with van der Waals surface area (Å²) in [6.07, 6.45) is 6.50. The van der Waals surface area contributed by atoms with Gasteiger partial charge >= 0.3 is 0 Å². The standard InChI is InChI=1S/C12H16BrN3O.2ClH/c13-10-5-9(7-15-8-10)12(17)16-4-2-1-3-11(16)6-14;;/h5,7-8,11H,1-4,6,14H2;2*1H. The van der Waals surface area contributed by atoms with Gasteiger partial charge in [0.1, 0.15) is 0 Å². The lowest BCUT2D eigenvalue weighted by atomic mass is 10.0. The van der Waals surface area contributed by atoms with Gasteiger partial charge in [0.05, 0.1) is 5.56 Å². The van der Waals surface area contributed by atoms with Crippen LogP contribution in [0.15, 0.2) is 22.9 Å². The van der Waals surface area contributed by atoms with Crippen molar-refractivity contribution < 1.29 is 4.79 Å². The summed E-state index contributed by atoms with van der Waals surface area (Å²) in [7, 11) is 0. The first-order chi connectivity index (χ1) is 8.22. The second-order valence-electron chi connectivity index (χ2n) is 4.28. The molecule has 1 amide bonds. The van der Waals surface area contributed by atoms with Crippen LogP contribution >= 0.6 is 40.7 Å². The highest BCUT2D eigenvalue weighted by Crippen LogP contribution is 2.20. The highest BCUT2D eigenvalue weighted by atomic mass is 79.9. The predicted molar refractivity (Wildman–Crippen MR) is 84.2 cm³/mol. The van der Waals surface area contributed by atoms with E-state index in [1.165, 1.54) is 0 Å². The van der Waals surface area contributed by atoms with Crippen LogP contribution in [0.3, 0.4) is 0 Å². The molecule has 1 unspecified atom stereocenters. The number of hydrogen-bond donors (Lipinski definition) is 1. The van der Waals surface area contributed by atoms with Crippen molar-refractivity contribution in [3.63, 3.8) is 0 Å². The third-order valence-corrected chi connectivity index (χ3v) is 3.55. The van der Waals surface area contributed by atoms with Crippen LogP contribution < -0.4 is 5.73 Å². The SMILES string of the molecule is Cl.Cl.NCC1CCCCN1C(=O)c1cncc(Br)c1. The van der Waals surface area contributed by atoms with E-state index in [1.54, 1.807) is 18.5 Å². The lowest BCUT2D eigenvalue weighted by molar-refractivity contribution is 0.0623. The van der Waals surface area contributed by atoms with Gasteiger partial charge in [0.2, 0.25) is 0 Å². The van der Waals surface area contributed by atoms with E-state index in [2.05, 4.69) is 20.9 Å². The van der Waals surface area contributed by atoms with E-state index < -0.39 is 0 Å². The zero-order valence-electron chi connectivity index (χ0n) is 10.4. The molecule has 0 aliphatic carbocycles. The molecule has 1 aliphatic rings. The number of hydrogen-bond acceptors (Lipinski definition) is 3.